The normalized spacial score (nSPS) is 16.0. The van der Waals surface area contributed by atoms with E-state index in [9.17, 15) is 9.59 Å². The zero-order valence-corrected chi connectivity index (χ0v) is 18.6. The Morgan fingerprint density at radius 3 is 2.03 bits per heavy atom. The molecule has 1 fully saturated rings. The molecular weight excluding hydrogens is 366 g/mol. The van der Waals surface area contributed by atoms with Gasteiger partial charge in [-0.3, -0.25) is 9.69 Å². The van der Waals surface area contributed by atoms with Gasteiger partial charge in [-0.2, -0.15) is 0 Å². The molecule has 2 rings (SSSR count). The number of nitrogens with one attached hydrogen (secondary N) is 2. The highest BCUT2D eigenvalue weighted by Crippen LogP contribution is 2.14. The molecule has 1 aromatic rings. The quantitative estimate of drug-likeness (QED) is 0.754. The molecule has 0 radical (unpaired) electrons. The van der Waals surface area contributed by atoms with Crippen LogP contribution in [0.4, 0.5) is 4.79 Å². The van der Waals surface area contributed by atoms with Crippen LogP contribution >= 0.6 is 0 Å². The van der Waals surface area contributed by atoms with Crippen LogP contribution in [-0.2, 0) is 22.6 Å². The largest absolute Gasteiger partial charge is 0.444 e. The van der Waals surface area contributed by atoms with Gasteiger partial charge in [0.2, 0.25) is 5.91 Å². The van der Waals surface area contributed by atoms with Crippen molar-refractivity contribution in [2.75, 3.05) is 13.1 Å². The van der Waals surface area contributed by atoms with Gasteiger partial charge in [0.25, 0.3) is 0 Å². The first-order valence-corrected chi connectivity index (χ1v) is 10.6. The Bertz CT molecular complexity index is 670. The molecule has 1 saturated heterocycles. The summed E-state index contributed by atoms with van der Waals surface area (Å²) in [7, 11) is 0. The fourth-order valence-corrected chi connectivity index (χ4v) is 3.33. The Kier molecular flexibility index (Phi) is 8.08. The second-order valence-electron chi connectivity index (χ2n) is 9.44. The lowest BCUT2D eigenvalue weighted by Crippen LogP contribution is -2.55. The molecule has 0 aliphatic carbocycles. The number of benzene rings is 1. The standard InChI is InChI=1S/C23H37N3O3/c1-22(2,3)29-21(28)25-23(4,5)20(27)24-16-18-10-12-19(13-11-18)17-26-14-8-6-7-9-15-26/h10-13H,6-9,14-17H2,1-5H3,(H,24,27)(H,25,28). The SMILES string of the molecule is CC(C)(C)OC(=O)NC(C)(C)C(=O)NCc1ccc(CN2CCCCCC2)cc1. The second kappa shape index (κ2) is 10.1. The average molecular weight is 404 g/mol. The minimum absolute atomic E-state index is 0.253. The number of nitrogens with zero attached hydrogens (tertiary/aromatic N) is 1. The maximum Gasteiger partial charge on any atom is 0.408 e. The number of hydrogen-bond donors (Lipinski definition) is 2. The first-order chi connectivity index (χ1) is 13.5. The van der Waals surface area contributed by atoms with Crippen LogP contribution in [0.15, 0.2) is 24.3 Å². The van der Waals surface area contributed by atoms with E-state index < -0.39 is 17.2 Å². The van der Waals surface area contributed by atoms with Crippen molar-refractivity contribution in [2.24, 2.45) is 0 Å². The van der Waals surface area contributed by atoms with Crippen molar-refractivity contribution in [1.82, 2.24) is 15.5 Å². The number of ether oxygens (including phenoxy) is 1. The summed E-state index contributed by atoms with van der Waals surface area (Å²) in [5.41, 5.74) is 0.667. The van der Waals surface area contributed by atoms with Crippen LogP contribution < -0.4 is 10.6 Å². The molecule has 2 amide bonds. The highest BCUT2D eigenvalue weighted by Gasteiger charge is 2.31. The molecule has 29 heavy (non-hydrogen) atoms. The van der Waals surface area contributed by atoms with Gasteiger partial charge in [0.15, 0.2) is 0 Å². The second-order valence-corrected chi connectivity index (χ2v) is 9.44. The average Bonchev–Trinajstić information content (AvgIpc) is 2.87. The molecule has 2 N–H and O–H groups in total. The minimum atomic E-state index is -1.06. The fourth-order valence-electron chi connectivity index (χ4n) is 3.33. The molecule has 1 heterocycles. The van der Waals surface area contributed by atoms with E-state index in [0.29, 0.717) is 6.54 Å². The van der Waals surface area contributed by atoms with E-state index in [2.05, 4.69) is 39.8 Å². The summed E-state index contributed by atoms with van der Waals surface area (Å²) in [6.07, 6.45) is 4.66. The zero-order chi connectivity index (χ0) is 21.5. The summed E-state index contributed by atoms with van der Waals surface area (Å²) in [6, 6.07) is 8.39. The summed E-state index contributed by atoms with van der Waals surface area (Å²) in [4.78, 5) is 27.0. The van der Waals surface area contributed by atoms with Gasteiger partial charge in [0, 0.05) is 13.1 Å². The van der Waals surface area contributed by atoms with Crippen LogP contribution in [0.25, 0.3) is 0 Å². The van der Waals surface area contributed by atoms with Gasteiger partial charge >= 0.3 is 6.09 Å². The Morgan fingerprint density at radius 1 is 0.931 bits per heavy atom. The summed E-state index contributed by atoms with van der Waals surface area (Å²) in [6.45, 7) is 12.5. The zero-order valence-electron chi connectivity index (χ0n) is 18.6. The Balaban J connectivity index is 1.82. The first kappa shape index (κ1) is 23.2. The Hall–Kier alpha value is -2.08. The van der Waals surface area contributed by atoms with Crippen molar-refractivity contribution in [3.63, 3.8) is 0 Å². The highest BCUT2D eigenvalue weighted by molar-refractivity contribution is 5.89. The number of amides is 2. The maximum atomic E-state index is 12.5. The van der Waals surface area contributed by atoms with Gasteiger partial charge in [0.1, 0.15) is 11.1 Å². The van der Waals surface area contributed by atoms with Crippen LogP contribution in [0.2, 0.25) is 0 Å². The molecule has 0 unspecified atom stereocenters. The van der Waals surface area contributed by atoms with Crippen molar-refractivity contribution in [3.8, 4) is 0 Å². The molecule has 1 aromatic carbocycles. The third kappa shape index (κ3) is 8.44. The molecule has 6 nitrogen and oxygen atoms in total. The lowest BCUT2D eigenvalue weighted by molar-refractivity contribution is -0.126. The van der Waals surface area contributed by atoms with E-state index in [1.54, 1.807) is 34.6 Å². The number of carbonyl (C=O) groups excluding carboxylic acids is 2. The number of likely N-dealkylation sites (tertiary alicyclic amines) is 1. The number of carbonyl (C=O) groups is 2. The Morgan fingerprint density at radius 2 is 1.48 bits per heavy atom. The van der Waals surface area contributed by atoms with Crippen LogP contribution in [0.5, 0.6) is 0 Å². The summed E-state index contributed by atoms with van der Waals surface area (Å²) in [5, 5.41) is 5.53. The fraction of sp³-hybridized carbons (Fsp3) is 0.652. The van der Waals surface area contributed by atoms with E-state index in [-0.39, 0.29) is 5.91 Å². The van der Waals surface area contributed by atoms with Gasteiger partial charge in [-0.25, -0.2) is 4.79 Å². The van der Waals surface area contributed by atoms with Gasteiger partial charge in [-0.15, -0.1) is 0 Å². The number of rotatable bonds is 6. The predicted molar refractivity (Wildman–Crippen MR) is 115 cm³/mol. The molecule has 1 aliphatic heterocycles. The highest BCUT2D eigenvalue weighted by atomic mass is 16.6. The maximum absolute atomic E-state index is 12.5. The van der Waals surface area contributed by atoms with Gasteiger partial charge in [0.05, 0.1) is 0 Å². The molecule has 0 atom stereocenters. The van der Waals surface area contributed by atoms with Crippen molar-refractivity contribution in [2.45, 2.75) is 84.5 Å². The monoisotopic (exact) mass is 403 g/mol. The molecular formula is C23H37N3O3. The number of alkyl carbamates (subject to hydrolysis) is 1. The summed E-state index contributed by atoms with van der Waals surface area (Å²) < 4.78 is 5.24. The molecule has 6 heteroatoms. The smallest absolute Gasteiger partial charge is 0.408 e. The first-order valence-electron chi connectivity index (χ1n) is 10.6. The molecule has 162 valence electrons. The van der Waals surface area contributed by atoms with E-state index in [0.717, 1.165) is 12.1 Å². The van der Waals surface area contributed by atoms with Crippen molar-refractivity contribution >= 4 is 12.0 Å². The van der Waals surface area contributed by atoms with Crippen LogP contribution in [0.1, 0.15) is 71.4 Å². The van der Waals surface area contributed by atoms with Gasteiger partial charge in [-0.05, 0) is 71.7 Å². The summed E-state index contributed by atoms with van der Waals surface area (Å²) >= 11 is 0. The van der Waals surface area contributed by atoms with E-state index in [1.807, 2.05) is 0 Å². The van der Waals surface area contributed by atoms with Gasteiger partial charge < -0.3 is 15.4 Å². The number of hydrogen-bond acceptors (Lipinski definition) is 4. The van der Waals surface area contributed by atoms with Crippen LogP contribution in [0.3, 0.4) is 0 Å². The van der Waals surface area contributed by atoms with Crippen LogP contribution in [0, 0.1) is 0 Å². The third-order valence-electron chi connectivity index (χ3n) is 4.96. The lowest BCUT2D eigenvalue weighted by Gasteiger charge is -2.27. The lowest BCUT2D eigenvalue weighted by atomic mass is 10.0. The van der Waals surface area contributed by atoms with E-state index in [1.165, 1.54) is 44.3 Å². The molecule has 0 bridgehead atoms. The molecule has 1 aliphatic rings. The third-order valence-corrected chi connectivity index (χ3v) is 4.96. The van der Waals surface area contributed by atoms with Gasteiger partial charge in [-0.1, -0.05) is 37.1 Å². The van der Waals surface area contributed by atoms with Crippen molar-refractivity contribution in [1.29, 1.82) is 0 Å². The van der Waals surface area contributed by atoms with E-state index in [4.69, 9.17) is 4.74 Å². The van der Waals surface area contributed by atoms with E-state index >= 15 is 0 Å². The molecule has 0 aromatic heterocycles. The topological polar surface area (TPSA) is 70.7 Å². The Labute approximate surface area is 175 Å². The minimum Gasteiger partial charge on any atom is -0.444 e. The molecule has 0 spiro atoms. The molecule has 0 saturated carbocycles. The van der Waals surface area contributed by atoms with Crippen molar-refractivity contribution < 1.29 is 14.3 Å². The van der Waals surface area contributed by atoms with Crippen LogP contribution in [-0.4, -0.2) is 41.1 Å². The predicted octanol–water partition coefficient (Wildman–Crippen LogP) is 3.98. The summed E-state index contributed by atoms with van der Waals surface area (Å²) in [5.74, 6) is -0.253. The van der Waals surface area contributed by atoms with Crippen molar-refractivity contribution in [3.05, 3.63) is 35.4 Å².